The molecule has 6 nitrogen and oxygen atoms in total. The number of nitriles is 1. The minimum Gasteiger partial charge on any atom is -0.351 e. The first-order valence-electron chi connectivity index (χ1n) is 11.1. The smallest absolute Gasteiger partial charge is 0.351 e. The molecule has 2 aromatic carbocycles. The zero-order valence-electron chi connectivity index (χ0n) is 20.2. The summed E-state index contributed by atoms with van der Waals surface area (Å²) in [6.45, 7) is 3.21. The molecule has 2 unspecified atom stereocenters. The molecule has 3 rings (SSSR count). The number of aryl methyl sites for hydroxylation is 1. The first kappa shape index (κ1) is 28.0. The second-order valence-corrected chi connectivity index (χ2v) is 9.63. The van der Waals surface area contributed by atoms with E-state index < -0.39 is 40.5 Å². The lowest BCUT2D eigenvalue weighted by molar-refractivity contribution is -0.141. The SMILES string of the molecule is Cc1ccc(C#N)c(-c2nc(C(F)(F)F)ccc2CNC(=O)C(C)c2ccc(CNS(C)=O)c(F)c2)c1. The summed E-state index contributed by atoms with van der Waals surface area (Å²) < 4.78 is 68.4. The van der Waals surface area contributed by atoms with E-state index in [-0.39, 0.29) is 35.5 Å². The number of nitrogens with zero attached hydrogens (tertiary/aromatic N) is 2. The minimum atomic E-state index is -4.69. The molecule has 0 aliphatic carbocycles. The van der Waals surface area contributed by atoms with Gasteiger partial charge >= 0.3 is 6.18 Å². The highest BCUT2D eigenvalue weighted by Gasteiger charge is 2.33. The summed E-state index contributed by atoms with van der Waals surface area (Å²) in [6.07, 6.45) is -3.27. The first-order chi connectivity index (χ1) is 17.4. The van der Waals surface area contributed by atoms with Gasteiger partial charge in [-0.3, -0.25) is 4.79 Å². The number of pyridine rings is 1. The molecule has 3 aromatic rings. The molecule has 1 heterocycles. The number of nitrogens with one attached hydrogen (secondary N) is 2. The van der Waals surface area contributed by atoms with Crippen molar-refractivity contribution >= 4 is 16.9 Å². The fourth-order valence-electron chi connectivity index (χ4n) is 3.62. The van der Waals surface area contributed by atoms with Crippen molar-refractivity contribution in [2.75, 3.05) is 6.26 Å². The van der Waals surface area contributed by atoms with Gasteiger partial charge in [-0.25, -0.2) is 18.3 Å². The average Bonchev–Trinajstić information content (AvgIpc) is 2.85. The lowest BCUT2D eigenvalue weighted by Gasteiger charge is -2.17. The highest BCUT2D eigenvalue weighted by Crippen LogP contribution is 2.33. The van der Waals surface area contributed by atoms with Crippen LogP contribution in [0.5, 0.6) is 0 Å². The maximum atomic E-state index is 14.5. The fraction of sp³-hybridized carbons (Fsp3) is 0.269. The van der Waals surface area contributed by atoms with E-state index in [4.69, 9.17) is 0 Å². The second-order valence-electron chi connectivity index (χ2n) is 8.43. The van der Waals surface area contributed by atoms with Gasteiger partial charge in [0, 0.05) is 30.5 Å². The van der Waals surface area contributed by atoms with Gasteiger partial charge in [-0.15, -0.1) is 0 Å². The zero-order valence-corrected chi connectivity index (χ0v) is 21.1. The summed E-state index contributed by atoms with van der Waals surface area (Å²) >= 11 is 0. The highest BCUT2D eigenvalue weighted by atomic mass is 32.2. The van der Waals surface area contributed by atoms with Crippen molar-refractivity contribution in [1.29, 1.82) is 5.26 Å². The number of rotatable bonds is 8. The van der Waals surface area contributed by atoms with Gasteiger partial charge in [-0.1, -0.05) is 29.8 Å². The van der Waals surface area contributed by atoms with Gasteiger partial charge in [0.2, 0.25) is 5.91 Å². The second kappa shape index (κ2) is 11.6. The number of amides is 1. The van der Waals surface area contributed by atoms with Crippen LogP contribution in [0.15, 0.2) is 48.5 Å². The van der Waals surface area contributed by atoms with Crippen LogP contribution >= 0.6 is 0 Å². The lowest BCUT2D eigenvalue weighted by atomic mass is 9.97. The third-order valence-corrected chi connectivity index (χ3v) is 6.26. The van der Waals surface area contributed by atoms with Crippen LogP contribution in [0.3, 0.4) is 0 Å². The predicted molar refractivity (Wildman–Crippen MR) is 132 cm³/mol. The van der Waals surface area contributed by atoms with Gasteiger partial charge in [0.15, 0.2) is 0 Å². The molecule has 37 heavy (non-hydrogen) atoms. The van der Waals surface area contributed by atoms with E-state index in [1.165, 1.54) is 30.5 Å². The number of hydrogen-bond donors (Lipinski definition) is 2. The van der Waals surface area contributed by atoms with Crippen LogP contribution in [0.1, 0.15) is 46.4 Å². The summed E-state index contributed by atoms with van der Waals surface area (Å²) in [5, 5.41) is 12.2. The number of benzene rings is 2. The van der Waals surface area contributed by atoms with E-state index in [1.807, 2.05) is 6.07 Å². The van der Waals surface area contributed by atoms with E-state index in [0.717, 1.165) is 11.6 Å². The van der Waals surface area contributed by atoms with Gasteiger partial charge in [0.05, 0.1) is 34.2 Å². The van der Waals surface area contributed by atoms with E-state index >= 15 is 0 Å². The normalized spacial score (nSPS) is 13.0. The quantitative estimate of drug-likeness (QED) is 0.404. The molecule has 11 heteroatoms. The molecule has 0 fully saturated rings. The number of hydrogen-bond acceptors (Lipinski definition) is 4. The maximum Gasteiger partial charge on any atom is 0.433 e. The van der Waals surface area contributed by atoms with Crippen LogP contribution in [-0.2, 0) is 35.0 Å². The van der Waals surface area contributed by atoms with Crippen LogP contribution in [0.25, 0.3) is 11.3 Å². The van der Waals surface area contributed by atoms with Crippen molar-refractivity contribution in [3.8, 4) is 17.3 Å². The van der Waals surface area contributed by atoms with Gasteiger partial charge in [0.25, 0.3) is 0 Å². The van der Waals surface area contributed by atoms with Crippen molar-refractivity contribution in [2.45, 2.75) is 39.0 Å². The Morgan fingerprint density at radius 3 is 2.43 bits per heavy atom. The monoisotopic (exact) mass is 532 g/mol. The van der Waals surface area contributed by atoms with E-state index in [9.17, 15) is 31.8 Å². The Kier molecular flexibility index (Phi) is 8.78. The molecule has 194 valence electrons. The molecular weight excluding hydrogens is 508 g/mol. The largest absolute Gasteiger partial charge is 0.433 e. The summed E-state index contributed by atoms with van der Waals surface area (Å²) in [5.74, 6) is -1.81. The zero-order chi connectivity index (χ0) is 27.3. The lowest BCUT2D eigenvalue weighted by Crippen LogP contribution is -2.28. The number of aromatic nitrogens is 1. The molecule has 0 aliphatic rings. The molecule has 0 saturated heterocycles. The third kappa shape index (κ3) is 6.99. The molecule has 1 amide bonds. The number of carbonyl (C=O) groups excluding carboxylic acids is 1. The Hall–Kier alpha value is -3.62. The van der Waals surface area contributed by atoms with Crippen molar-refractivity contribution in [3.05, 3.63) is 87.9 Å². The Balaban J connectivity index is 1.86. The van der Waals surface area contributed by atoms with Crippen molar-refractivity contribution in [1.82, 2.24) is 15.0 Å². The summed E-state index contributed by atoms with van der Waals surface area (Å²) in [7, 11) is -1.31. The van der Waals surface area contributed by atoms with Crippen LogP contribution in [-0.4, -0.2) is 21.4 Å². The summed E-state index contributed by atoms with van der Waals surface area (Å²) in [5.41, 5.74) is 0.901. The molecule has 2 N–H and O–H groups in total. The molecule has 0 aliphatic heterocycles. The Labute approximate surface area is 214 Å². The molecule has 1 aromatic heterocycles. The Morgan fingerprint density at radius 1 is 1.11 bits per heavy atom. The summed E-state index contributed by atoms with van der Waals surface area (Å²) in [4.78, 5) is 16.6. The van der Waals surface area contributed by atoms with E-state index in [1.54, 1.807) is 32.0 Å². The molecule has 0 bridgehead atoms. The fourth-order valence-corrected chi connectivity index (χ4v) is 3.97. The molecule has 0 saturated carbocycles. The van der Waals surface area contributed by atoms with Crippen LogP contribution in [0.4, 0.5) is 17.6 Å². The Bertz CT molecular complexity index is 1390. The molecule has 0 spiro atoms. The van der Waals surface area contributed by atoms with Gasteiger partial charge < -0.3 is 5.32 Å². The first-order valence-corrected chi connectivity index (χ1v) is 12.7. The standard InChI is InChI=1S/C26H24F4N4O2S/c1-15-4-5-18(12-31)21(10-15)24-20(8-9-23(34-24)26(28,29)30)13-32-25(35)16(2)17-6-7-19(22(27)11-17)14-33-37(3)36/h4-11,16,33H,13-14H2,1-3H3,(H,32,35). The maximum absolute atomic E-state index is 14.5. The number of carbonyl (C=O) groups is 1. The van der Waals surface area contributed by atoms with E-state index in [2.05, 4.69) is 15.0 Å². The van der Waals surface area contributed by atoms with Crippen molar-refractivity contribution < 1.29 is 26.6 Å². The highest BCUT2D eigenvalue weighted by molar-refractivity contribution is 7.82. The number of halogens is 4. The average molecular weight is 533 g/mol. The predicted octanol–water partition coefficient (Wildman–Crippen LogP) is 4.89. The Morgan fingerprint density at radius 2 is 1.81 bits per heavy atom. The number of alkyl halides is 3. The van der Waals surface area contributed by atoms with Gasteiger partial charge in [-0.2, -0.15) is 18.4 Å². The topological polar surface area (TPSA) is 94.9 Å². The summed E-state index contributed by atoms with van der Waals surface area (Å²) in [6, 6.07) is 13.1. The van der Waals surface area contributed by atoms with Crippen LogP contribution < -0.4 is 10.0 Å². The molecule has 2 atom stereocenters. The van der Waals surface area contributed by atoms with Gasteiger partial charge in [-0.05, 0) is 49.2 Å². The van der Waals surface area contributed by atoms with Crippen molar-refractivity contribution in [2.24, 2.45) is 0 Å². The van der Waals surface area contributed by atoms with Crippen molar-refractivity contribution in [3.63, 3.8) is 0 Å². The minimum absolute atomic E-state index is 0.0563. The van der Waals surface area contributed by atoms with Gasteiger partial charge in [0.1, 0.15) is 11.5 Å². The molecular formula is C26H24F4N4O2S. The van der Waals surface area contributed by atoms with E-state index in [0.29, 0.717) is 11.1 Å². The van der Waals surface area contributed by atoms with Crippen LogP contribution in [0.2, 0.25) is 0 Å². The van der Waals surface area contributed by atoms with Crippen LogP contribution in [0, 0.1) is 24.1 Å². The molecule has 0 radical (unpaired) electrons. The third-order valence-electron chi connectivity index (χ3n) is 5.71.